The number of aromatic nitrogens is 3. The van der Waals surface area contributed by atoms with Crippen LogP contribution in [0.25, 0.3) is 22.2 Å². The van der Waals surface area contributed by atoms with Crippen LogP contribution in [0.3, 0.4) is 0 Å². The highest BCUT2D eigenvalue weighted by Crippen LogP contribution is 2.49. The molecule has 1 fully saturated rings. The number of nitrogens with zero attached hydrogens (tertiary/aromatic N) is 3. The number of rotatable bonds is 7. The topological polar surface area (TPSA) is 80.0 Å². The van der Waals surface area contributed by atoms with E-state index in [4.69, 9.17) is 0 Å². The number of carboxylic acid groups (broad SMARTS) is 1. The monoisotopic (exact) mass is 462 g/mol. The van der Waals surface area contributed by atoms with Crippen LogP contribution in [0, 0.1) is 25.5 Å². The van der Waals surface area contributed by atoms with Gasteiger partial charge in [-0.3, -0.25) is 4.79 Å². The summed E-state index contributed by atoms with van der Waals surface area (Å²) in [5.41, 5.74) is 2.77. The lowest BCUT2D eigenvalue weighted by molar-refractivity contribution is -0.140. The highest BCUT2D eigenvalue weighted by atomic mass is 19.1. The Morgan fingerprint density at radius 1 is 1.09 bits per heavy atom. The molecule has 2 aromatic heterocycles. The van der Waals surface area contributed by atoms with Gasteiger partial charge in [0, 0.05) is 41.4 Å². The molecule has 1 saturated carbocycles. The minimum Gasteiger partial charge on any atom is -0.481 e. The molecule has 2 heterocycles. The largest absolute Gasteiger partial charge is 0.481 e. The molecule has 5 rings (SSSR count). The van der Waals surface area contributed by atoms with Crippen molar-refractivity contribution in [1.29, 1.82) is 0 Å². The van der Waals surface area contributed by atoms with Crippen LogP contribution in [0.5, 0.6) is 0 Å². The van der Waals surface area contributed by atoms with Crippen LogP contribution >= 0.6 is 0 Å². The van der Waals surface area contributed by atoms with Gasteiger partial charge < -0.3 is 15.0 Å². The molecule has 34 heavy (non-hydrogen) atoms. The SMILES string of the molecule is Cc1ccc(F)c2c1cc(C)n2CCNc1cc(-c2ccc(C3(C(=O)O)CC3)c(F)c2)ncn1. The van der Waals surface area contributed by atoms with Crippen molar-refractivity contribution >= 4 is 22.7 Å². The zero-order valence-corrected chi connectivity index (χ0v) is 18.9. The third kappa shape index (κ3) is 3.69. The first-order valence-electron chi connectivity index (χ1n) is 11.1. The summed E-state index contributed by atoms with van der Waals surface area (Å²) in [4.78, 5) is 20.0. The van der Waals surface area contributed by atoms with Crippen LogP contribution in [-0.4, -0.2) is 32.2 Å². The van der Waals surface area contributed by atoms with E-state index in [1.807, 2.05) is 24.5 Å². The third-order valence-electron chi connectivity index (χ3n) is 6.68. The molecule has 0 unspecified atom stereocenters. The molecular weight excluding hydrogens is 438 g/mol. The Labute approximate surface area is 195 Å². The van der Waals surface area contributed by atoms with E-state index in [2.05, 4.69) is 15.3 Å². The molecule has 0 radical (unpaired) electrons. The molecule has 4 aromatic rings. The van der Waals surface area contributed by atoms with E-state index in [9.17, 15) is 18.7 Å². The number of hydrogen-bond donors (Lipinski definition) is 2. The summed E-state index contributed by atoms with van der Waals surface area (Å²) < 4.78 is 31.2. The van der Waals surface area contributed by atoms with E-state index in [0.29, 0.717) is 48.5 Å². The maximum Gasteiger partial charge on any atom is 0.314 e. The Bertz CT molecular complexity index is 1430. The van der Waals surface area contributed by atoms with E-state index in [1.165, 1.54) is 24.5 Å². The van der Waals surface area contributed by atoms with Crippen molar-refractivity contribution in [2.45, 2.75) is 38.6 Å². The smallest absolute Gasteiger partial charge is 0.314 e. The molecule has 6 nitrogen and oxygen atoms in total. The number of fused-ring (bicyclic) bond motifs is 1. The first kappa shape index (κ1) is 22.0. The standard InChI is InChI=1S/C26H24F2N4O2/c1-15-3-6-20(27)24-18(15)11-16(2)32(24)10-9-29-23-13-22(30-14-31-23)17-4-5-19(21(28)12-17)26(7-8-26)25(33)34/h3-6,11-14H,7-10H2,1-2H3,(H,33,34)(H,29,30,31). The van der Waals surface area contributed by atoms with Crippen LogP contribution in [0.15, 0.2) is 48.8 Å². The number of aryl methyl sites for hydroxylation is 2. The zero-order chi connectivity index (χ0) is 24.0. The van der Waals surface area contributed by atoms with Gasteiger partial charge in [0.2, 0.25) is 0 Å². The fraction of sp³-hybridized carbons (Fsp3) is 0.269. The summed E-state index contributed by atoms with van der Waals surface area (Å²) in [7, 11) is 0. The highest BCUT2D eigenvalue weighted by molar-refractivity contribution is 5.86. The second-order valence-corrected chi connectivity index (χ2v) is 8.86. The molecule has 0 atom stereocenters. The minimum absolute atomic E-state index is 0.216. The van der Waals surface area contributed by atoms with Crippen molar-refractivity contribution in [2.24, 2.45) is 0 Å². The maximum atomic E-state index is 14.8. The molecule has 8 heteroatoms. The number of carbonyl (C=O) groups is 1. The second kappa shape index (κ2) is 8.20. The summed E-state index contributed by atoms with van der Waals surface area (Å²) in [6, 6.07) is 11.5. The van der Waals surface area contributed by atoms with Gasteiger partial charge in [-0.15, -0.1) is 0 Å². The van der Waals surface area contributed by atoms with Gasteiger partial charge in [-0.25, -0.2) is 18.7 Å². The predicted molar refractivity (Wildman–Crippen MR) is 126 cm³/mol. The number of nitrogens with one attached hydrogen (secondary N) is 1. The second-order valence-electron chi connectivity index (χ2n) is 8.86. The van der Waals surface area contributed by atoms with Gasteiger partial charge in [0.1, 0.15) is 23.8 Å². The zero-order valence-electron chi connectivity index (χ0n) is 18.9. The normalized spacial score (nSPS) is 14.4. The number of anilines is 1. The average Bonchev–Trinajstić information content (AvgIpc) is 3.55. The van der Waals surface area contributed by atoms with Crippen molar-refractivity contribution in [3.63, 3.8) is 0 Å². The first-order valence-corrected chi connectivity index (χ1v) is 11.1. The van der Waals surface area contributed by atoms with E-state index in [-0.39, 0.29) is 11.4 Å². The lowest BCUT2D eigenvalue weighted by Crippen LogP contribution is -2.20. The fourth-order valence-electron chi connectivity index (χ4n) is 4.58. The molecule has 1 aliphatic rings. The highest BCUT2D eigenvalue weighted by Gasteiger charge is 2.53. The van der Waals surface area contributed by atoms with Crippen LogP contribution in [0.1, 0.15) is 29.7 Å². The van der Waals surface area contributed by atoms with Crippen molar-refractivity contribution < 1.29 is 18.7 Å². The van der Waals surface area contributed by atoms with Gasteiger partial charge in [0.05, 0.1) is 16.6 Å². The number of hydrogen-bond acceptors (Lipinski definition) is 4. The van der Waals surface area contributed by atoms with Crippen LogP contribution in [0.4, 0.5) is 14.6 Å². The van der Waals surface area contributed by atoms with E-state index < -0.39 is 17.2 Å². The number of benzene rings is 2. The third-order valence-corrected chi connectivity index (χ3v) is 6.68. The Kier molecular flexibility index (Phi) is 5.31. The van der Waals surface area contributed by atoms with Crippen LogP contribution in [0.2, 0.25) is 0 Å². The number of aliphatic carboxylic acids is 1. The summed E-state index contributed by atoms with van der Waals surface area (Å²) in [6.45, 7) is 4.96. The quantitative estimate of drug-likeness (QED) is 0.394. The number of halogens is 2. The van der Waals surface area contributed by atoms with Gasteiger partial charge in [-0.05, 0) is 50.5 Å². The van der Waals surface area contributed by atoms with Gasteiger partial charge in [0.15, 0.2) is 0 Å². The molecule has 0 aliphatic heterocycles. The number of carboxylic acids is 1. The van der Waals surface area contributed by atoms with Crippen molar-refractivity contribution in [3.05, 3.63) is 77.2 Å². The molecule has 0 amide bonds. The fourth-order valence-corrected chi connectivity index (χ4v) is 4.58. The molecule has 0 spiro atoms. The van der Waals surface area contributed by atoms with Crippen molar-refractivity contribution in [1.82, 2.24) is 14.5 Å². The van der Waals surface area contributed by atoms with Gasteiger partial charge >= 0.3 is 5.97 Å². The Morgan fingerprint density at radius 2 is 1.88 bits per heavy atom. The molecule has 0 saturated heterocycles. The summed E-state index contributed by atoms with van der Waals surface area (Å²) in [5, 5.41) is 13.6. The summed E-state index contributed by atoms with van der Waals surface area (Å²) >= 11 is 0. The van der Waals surface area contributed by atoms with E-state index in [0.717, 1.165) is 16.6 Å². The Hall–Kier alpha value is -3.81. The van der Waals surface area contributed by atoms with Crippen molar-refractivity contribution in [3.8, 4) is 11.3 Å². The minimum atomic E-state index is -1.10. The summed E-state index contributed by atoms with van der Waals surface area (Å²) in [5.74, 6) is -1.23. The molecular formula is C26H24F2N4O2. The van der Waals surface area contributed by atoms with Gasteiger partial charge in [0.25, 0.3) is 0 Å². The average molecular weight is 463 g/mol. The molecule has 0 bridgehead atoms. The van der Waals surface area contributed by atoms with E-state index >= 15 is 0 Å². The van der Waals surface area contributed by atoms with Crippen molar-refractivity contribution in [2.75, 3.05) is 11.9 Å². The molecule has 174 valence electrons. The first-order chi connectivity index (χ1) is 16.3. The molecule has 2 N–H and O–H groups in total. The molecule has 2 aromatic carbocycles. The Morgan fingerprint density at radius 3 is 2.59 bits per heavy atom. The lowest BCUT2D eigenvalue weighted by atomic mass is 9.94. The van der Waals surface area contributed by atoms with Gasteiger partial charge in [-0.1, -0.05) is 18.2 Å². The predicted octanol–water partition coefficient (Wildman–Crippen LogP) is 5.22. The van der Waals surface area contributed by atoms with Crippen LogP contribution < -0.4 is 5.32 Å². The van der Waals surface area contributed by atoms with Gasteiger partial charge in [-0.2, -0.15) is 0 Å². The van der Waals surface area contributed by atoms with Crippen LogP contribution in [-0.2, 0) is 16.8 Å². The maximum absolute atomic E-state index is 14.8. The lowest BCUT2D eigenvalue weighted by Gasteiger charge is -2.13. The van der Waals surface area contributed by atoms with E-state index in [1.54, 1.807) is 18.2 Å². The Balaban J connectivity index is 1.33. The summed E-state index contributed by atoms with van der Waals surface area (Å²) in [6.07, 6.45) is 2.28. The molecule has 1 aliphatic carbocycles.